The van der Waals surface area contributed by atoms with E-state index < -0.39 is 33.2 Å². The zero-order valence-corrected chi connectivity index (χ0v) is 19.5. The molecule has 0 saturated heterocycles. The van der Waals surface area contributed by atoms with E-state index in [1.807, 2.05) is 0 Å². The molecular weight excluding hydrogens is 466 g/mol. The Morgan fingerprint density at radius 1 is 1.35 bits per heavy atom. The van der Waals surface area contributed by atoms with E-state index in [4.69, 9.17) is 15.0 Å². The van der Waals surface area contributed by atoms with Crippen LogP contribution in [0, 0.1) is 12.7 Å². The Labute approximate surface area is 196 Å². The van der Waals surface area contributed by atoms with Gasteiger partial charge in [0.25, 0.3) is 5.89 Å². The van der Waals surface area contributed by atoms with Crippen LogP contribution in [0.25, 0.3) is 11.9 Å². The molecule has 0 aliphatic carbocycles. The van der Waals surface area contributed by atoms with Gasteiger partial charge in [0.1, 0.15) is 17.3 Å². The first-order valence-corrected chi connectivity index (χ1v) is 11.6. The average Bonchev–Trinajstić information content (AvgIpc) is 3.22. The van der Waals surface area contributed by atoms with Crippen LogP contribution < -0.4 is 10.5 Å². The third-order valence-electron chi connectivity index (χ3n) is 5.25. The number of halogens is 2. The van der Waals surface area contributed by atoms with Crippen molar-refractivity contribution in [3.63, 3.8) is 0 Å². The Bertz CT molecular complexity index is 1290. The van der Waals surface area contributed by atoms with E-state index in [9.17, 15) is 13.0 Å². The highest BCUT2D eigenvalue weighted by Crippen LogP contribution is 2.32. The van der Waals surface area contributed by atoms with Crippen LogP contribution in [0.15, 0.2) is 40.1 Å². The van der Waals surface area contributed by atoms with Crippen molar-refractivity contribution in [3.05, 3.63) is 64.9 Å². The maximum absolute atomic E-state index is 14.8. The molecule has 2 atom stereocenters. The molecule has 12 heteroatoms. The molecule has 1 aliphatic rings. The van der Waals surface area contributed by atoms with Gasteiger partial charge in [0.2, 0.25) is 5.88 Å². The van der Waals surface area contributed by atoms with Crippen LogP contribution in [0.4, 0.5) is 8.78 Å². The number of amidine groups is 1. The summed E-state index contributed by atoms with van der Waals surface area (Å²) in [7, 11) is -1.34. The molecule has 2 aromatic heterocycles. The number of benzene rings is 1. The smallest absolute Gasteiger partial charge is 0.264 e. The minimum atomic E-state index is -1.34. The number of rotatable bonds is 6. The quantitative estimate of drug-likeness (QED) is 0.560. The summed E-state index contributed by atoms with van der Waals surface area (Å²) in [5.74, 6) is 0.00999. The van der Waals surface area contributed by atoms with Gasteiger partial charge in [0.15, 0.2) is 18.3 Å². The average molecular weight is 489 g/mol. The summed E-state index contributed by atoms with van der Waals surface area (Å²) in [6, 6.07) is 3.38. The molecule has 0 fully saturated rings. The molecule has 3 aromatic rings. The predicted octanol–water partition coefficient (Wildman–Crippen LogP) is 3.29. The Balaban J connectivity index is 1.50. The van der Waals surface area contributed by atoms with E-state index in [1.54, 1.807) is 20.8 Å². The standard InChI is InChI=1S/C22H22F2N6O3S/c1-12-28-20(33-30-12)10-32-19-9-26-17(8-27-19)16(24)7-13-4-5-15(23)14(6-13)18-11-34(31)22(2,3)21(25)29-18/h4-9,18H,10-11H2,1-3H3,(H2,25,29)/b16-7-. The largest absolute Gasteiger partial charge is 0.466 e. The molecule has 0 bridgehead atoms. The van der Waals surface area contributed by atoms with Crippen molar-refractivity contribution in [1.82, 2.24) is 20.1 Å². The van der Waals surface area contributed by atoms with Crippen molar-refractivity contribution in [2.45, 2.75) is 38.2 Å². The SMILES string of the molecule is Cc1noc(COc2cnc(/C(F)=C/c3ccc(F)c(C4CS(=O)C(C)(C)C(N)=N4)c3)cn2)n1. The van der Waals surface area contributed by atoms with Crippen LogP contribution in [0.3, 0.4) is 0 Å². The monoisotopic (exact) mass is 488 g/mol. The lowest BCUT2D eigenvalue weighted by Gasteiger charge is -2.31. The molecule has 4 rings (SSSR count). The number of aryl methyl sites for hydroxylation is 1. The Morgan fingerprint density at radius 3 is 2.79 bits per heavy atom. The van der Waals surface area contributed by atoms with E-state index in [0.717, 1.165) is 0 Å². The van der Waals surface area contributed by atoms with Crippen LogP contribution in [0.5, 0.6) is 5.88 Å². The van der Waals surface area contributed by atoms with Crippen LogP contribution in [0.2, 0.25) is 0 Å². The fourth-order valence-electron chi connectivity index (χ4n) is 3.16. The summed E-state index contributed by atoms with van der Waals surface area (Å²) in [6.45, 7) is 5.14. The summed E-state index contributed by atoms with van der Waals surface area (Å²) in [4.78, 5) is 16.4. The highest BCUT2D eigenvalue weighted by atomic mass is 32.2. The van der Waals surface area contributed by atoms with E-state index in [0.29, 0.717) is 11.4 Å². The molecule has 3 heterocycles. The van der Waals surface area contributed by atoms with Gasteiger partial charge in [0.05, 0.1) is 28.9 Å². The normalized spacial score (nSPS) is 20.1. The van der Waals surface area contributed by atoms with Crippen molar-refractivity contribution in [2.75, 3.05) is 5.75 Å². The number of aliphatic imine (C=N–C) groups is 1. The van der Waals surface area contributed by atoms with Gasteiger partial charge in [-0.2, -0.15) is 4.98 Å². The first-order valence-electron chi connectivity index (χ1n) is 10.3. The van der Waals surface area contributed by atoms with Crippen molar-refractivity contribution in [3.8, 4) is 5.88 Å². The van der Waals surface area contributed by atoms with Crippen LogP contribution in [-0.4, -0.2) is 40.7 Å². The zero-order valence-electron chi connectivity index (χ0n) is 18.7. The van der Waals surface area contributed by atoms with Gasteiger partial charge in [-0.15, -0.1) is 0 Å². The molecule has 9 nitrogen and oxygen atoms in total. The number of hydrogen-bond acceptors (Lipinski definition) is 9. The summed E-state index contributed by atoms with van der Waals surface area (Å²) in [6.07, 6.45) is 3.67. The molecule has 178 valence electrons. The van der Waals surface area contributed by atoms with Crippen molar-refractivity contribution in [1.29, 1.82) is 0 Å². The number of aromatic nitrogens is 4. The molecule has 1 aliphatic heterocycles. The molecule has 0 amide bonds. The van der Waals surface area contributed by atoms with Crippen molar-refractivity contribution >= 4 is 28.5 Å². The molecule has 2 unspecified atom stereocenters. The lowest BCUT2D eigenvalue weighted by Crippen LogP contribution is -2.47. The van der Waals surface area contributed by atoms with Crippen molar-refractivity contribution in [2.24, 2.45) is 10.7 Å². The highest BCUT2D eigenvalue weighted by Gasteiger charge is 2.37. The van der Waals surface area contributed by atoms with Crippen molar-refractivity contribution < 1.29 is 22.2 Å². The second kappa shape index (κ2) is 9.37. The Kier molecular flexibility index (Phi) is 6.51. The van der Waals surface area contributed by atoms with E-state index >= 15 is 0 Å². The van der Waals surface area contributed by atoms with Gasteiger partial charge in [-0.3, -0.25) is 9.20 Å². The molecule has 0 saturated carbocycles. The highest BCUT2D eigenvalue weighted by molar-refractivity contribution is 7.87. The second-order valence-electron chi connectivity index (χ2n) is 8.09. The second-order valence-corrected chi connectivity index (χ2v) is 10.1. The maximum Gasteiger partial charge on any atom is 0.264 e. The third-order valence-corrected chi connectivity index (χ3v) is 7.21. The summed E-state index contributed by atoms with van der Waals surface area (Å²) in [5.41, 5.74) is 6.51. The fourth-order valence-corrected chi connectivity index (χ4v) is 4.41. The molecule has 0 spiro atoms. The Morgan fingerprint density at radius 2 is 2.15 bits per heavy atom. The Hall–Kier alpha value is -3.54. The van der Waals surface area contributed by atoms with Crippen LogP contribution in [0.1, 0.15) is 48.4 Å². The molecule has 34 heavy (non-hydrogen) atoms. The predicted molar refractivity (Wildman–Crippen MR) is 122 cm³/mol. The summed E-state index contributed by atoms with van der Waals surface area (Å²) >= 11 is 0. The first-order chi connectivity index (χ1) is 16.1. The zero-order chi connectivity index (χ0) is 24.5. The van der Waals surface area contributed by atoms with Gasteiger partial charge in [0, 0.05) is 16.4 Å². The van der Waals surface area contributed by atoms with Gasteiger partial charge in [-0.25, -0.2) is 18.7 Å². The molecular formula is C22H22F2N6O3S. The fraction of sp³-hybridized carbons (Fsp3) is 0.318. The van der Waals surface area contributed by atoms with Gasteiger partial charge < -0.3 is 15.0 Å². The third kappa shape index (κ3) is 5.01. The summed E-state index contributed by atoms with van der Waals surface area (Å²) in [5, 5.41) is 3.65. The van der Waals surface area contributed by atoms with E-state index in [1.165, 1.54) is 36.7 Å². The van der Waals surface area contributed by atoms with Crippen LogP contribution >= 0.6 is 0 Å². The number of nitrogens with zero attached hydrogens (tertiary/aromatic N) is 5. The minimum absolute atomic E-state index is 0.00166. The van der Waals surface area contributed by atoms with Gasteiger partial charge in [-0.05, 0) is 44.5 Å². The van der Waals surface area contributed by atoms with Crippen LogP contribution in [-0.2, 0) is 17.4 Å². The van der Waals surface area contributed by atoms with Gasteiger partial charge in [-0.1, -0.05) is 11.2 Å². The van der Waals surface area contributed by atoms with Gasteiger partial charge >= 0.3 is 0 Å². The lowest BCUT2D eigenvalue weighted by molar-refractivity contribution is 0.234. The molecule has 0 radical (unpaired) electrons. The topological polar surface area (TPSA) is 129 Å². The number of ether oxygens (including phenoxy) is 1. The van der Waals surface area contributed by atoms with E-state index in [-0.39, 0.29) is 41.2 Å². The first kappa shape index (κ1) is 23.6. The summed E-state index contributed by atoms with van der Waals surface area (Å²) < 4.78 is 51.4. The maximum atomic E-state index is 14.8. The molecule has 2 N–H and O–H groups in total. The number of nitrogens with two attached hydrogens (primary N) is 1. The minimum Gasteiger partial charge on any atom is -0.466 e. The lowest BCUT2D eigenvalue weighted by atomic mass is 10.0. The molecule has 1 aromatic carbocycles. The number of hydrogen-bond donors (Lipinski definition) is 1. The van der Waals surface area contributed by atoms with E-state index in [2.05, 4.69) is 25.1 Å².